The van der Waals surface area contributed by atoms with Gasteiger partial charge in [-0.1, -0.05) is 12.1 Å². The van der Waals surface area contributed by atoms with Crippen LogP contribution in [0.3, 0.4) is 0 Å². The van der Waals surface area contributed by atoms with Gasteiger partial charge in [-0.25, -0.2) is 23.4 Å². The number of nitrogens with one attached hydrogen (secondary N) is 3. The van der Waals surface area contributed by atoms with E-state index in [2.05, 4.69) is 25.8 Å². The topological polar surface area (TPSA) is 116 Å². The SMILES string of the molecule is O=C(Cc1ccc(F)cc1)NC(=O)Nc1ccc(Oc2ccnc(NC(=O)N3CCC(N4CCC4)CC3)c2)cc1F. The van der Waals surface area contributed by atoms with Crippen molar-refractivity contribution in [3.63, 3.8) is 0 Å². The number of urea groups is 2. The summed E-state index contributed by atoms with van der Waals surface area (Å²) >= 11 is 0. The van der Waals surface area contributed by atoms with E-state index in [1.807, 2.05) is 0 Å². The Morgan fingerprint density at radius 1 is 0.902 bits per heavy atom. The number of pyridine rings is 1. The fraction of sp³-hybridized carbons (Fsp3) is 0.310. The van der Waals surface area contributed by atoms with Gasteiger partial charge in [0.25, 0.3) is 0 Å². The number of likely N-dealkylation sites (tertiary alicyclic amines) is 2. The Morgan fingerprint density at radius 2 is 1.63 bits per heavy atom. The summed E-state index contributed by atoms with van der Waals surface area (Å²) in [5.74, 6) is -1.07. The first-order chi connectivity index (χ1) is 19.8. The number of piperidine rings is 1. The van der Waals surface area contributed by atoms with E-state index in [9.17, 15) is 23.2 Å². The number of hydrogen-bond donors (Lipinski definition) is 3. The summed E-state index contributed by atoms with van der Waals surface area (Å²) < 4.78 is 33.4. The number of nitrogens with zero attached hydrogens (tertiary/aromatic N) is 3. The zero-order valence-electron chi connectivity index (χ0n) is 22.2. The molecule has 3 N–H and O–H groups in total. The first-order valence-electron chi connectivity index (χ1n) is 13.4. The quantitative estimate of drug-likeness (QED) is 0.382. The van der Waals surface area contributed by atoms with E-state index in [-0.39, 0.29) is 23.9 Å². The van der Waals surface area contributed by atoms with Crippen molar-refractivity contribution in [2.45, 2.75) is 31.7 Å². The van der Waals surface area contributed by atoms with Crippen molar-refractivity contribution in [2.24, 2.45) is 0 Å². The Kier molecular flexibility index (Phi) is 8.68. The van der Waals surface area contributed by atoms with Gasteiger partial charge < -0.3 is 19.9 Å². The van der Waals surface area contributed by atoms with E-state index < -0.39 is 23.6 Å². The maximum atomic E-state index is 14.7. The van der Waals surface area contributed by atoms with Gasteiger partial charge >= 0.3 is 12.1 Å². The molecule has 0 atom stereocenters. The molecule has 0 saturated carbocycles. The molecular formula is C29H30F2N6O4. The van der Waals surface area contributed by atoms with Crippen LogP contribution in [0.5, 0.6) is 11.5 Å². The fourth-order valence-electron chi connectivity index (χ4n) is 4.78. The average molecular weight is 565 g/mol. The Labute approximate surface area is 235 Å². The summed E-state index contributed by atoms with van der Waals surface area (Å²) in [5.41, 5.74) is 0.357. The van der Waals surface area contributed by atoms with Gasteiger partial charge in [0, 0.05) is 37.5 Å². The third kappa shape index (κ3) is 7.54. The lowest BCUT2D eigenvalue weighted by atomic mass is 10.00. The lowest BCUT2D eigenvalue weighted by molar-refractivity contribution is -0.119. The summed E-state index contributed by atoms with van der Waals surface area (Å²) in [6.45, 7) is 3.66. The van der Waals surface area contributed by atoms with E-state index in [0.717, 1.165) is 32.0 Å². The van der Waals surface area contributed by atoms with Crippen LogP contribution in [0, 0.1) is 11.6 Å². The molecule has 1 aromatic heterocycles. The van der Waals surface area contributed by atoms with Gasteiger partial charge in [-0.3, -0.25) is 15.4 Å². The first kappa shape index (κ1) is 28.0. The second-order valence-electron chi connectivity index (χ2n) is 9.96. The number of imide groups is 1. The Hall–Kier alpha value is -4.58. The van der Waals surface area contributed by atoms with Crippen LogP contribution in [0.15, 0.2) is 60.8 Å². The number of carbonyl (C=O) groups excluding carboxylic acids is 3. The molecule has 214 valence electrons. The molecule has 2 saturated heterocycles. The molecular weight excluding hydrogens is 534 g/mol. The number of ether oxygens (including phenoxy) is 1. The molecule has 41 heavy (non-hydrogen) atoms. The smallest absolute Gasteiger partial charge is 0.325 e. The summed E-state index contributed by atoms with van der Waals surface area (Å²) in [6.07, 6.45) is 4.48. The van der Waals surface area contributed by atoms with Gasteiger partial charge in [0.15, 0.2) is 0 Å². The van der Waals surface area contributed by atoms with E-state index in [1.165, 1.54) is 55.1 Å². The van der Waals surface area contributed by atoms with Crippen molar-refractivity contribution in [3.8, 4) is 11.5 Å². The minimum atomic E-state index is -0.913. The molecule has 0 bridgehead atoms. The Balaban J connectivity index is 1.11. The highest BCUT2D eigenvalue weighted by Gasteiger charge is 2.29. The lowest BCUT2D eigenvalue weighted by Gasteiger charge is -2.42. The molecule has 5 amide bonds. The van der Waals surface area contributed by atoms with Gasteiger partial charge in [-0.05, 0) is 68.2 Å². The normalized spacial score (nSPS) is 15.5. The number of rotatable bonds is 7. The number of benzene rings is 2. The maximum absolute atomic E-state index is 14.7. The minimum Gasteiger partial charge on any atom is -0.457 e. The van der Waals surface area contributed by atoms with Crippen molar-refractivity contribution in [1.82, 2.24) is 20.1 Å². The number of anilines is 2. The van der Waals surface area contributed by atoms with Crippen LogP contribution in [0.4, 0.5) is 29.9 Å². The third-order valence-corrected chi connectivity index (χ3v) is 7.08. The van der Waals surface area contributed by atoms with Crippen molar-refractivity contribution in [3.05, 3.63) is 78.0 Å². The number of hydrogen-bond acceptors (Lipinski definition) is 6. The first-order valence-corrected chi connectivity index (χ1v) is 13.4. The van der Waals surface area contributed by atoms with Crippen molar-refractivity contribution >= 4 is 29.5 Å². The number of aromatic nitrogens is 1. The van der Waals surface area contributed by atoms with E-state index in [4.69, 9.17) is 4.74 Å². The second kappa shape index (κ2) is 12.7. The molecule has 2 aliphatic rings. The van der Waals surface area contributed by atoms with Crippen LogP contribution in [0.1, 0.15) is 24.8 Å². The zero-order chi connectivity index (χ0) is 28.8. The summed E-state index contributed by atoms with van der Waals surface area (Å²) in [7, 11) is 0. The molecule has 0 spiro atoms. The maximum Gasteiger partial charge on any atom is 0.325 e. The van der Waals surface area contributed by atoms with E-state index >= 15 is 0 Å². The van der Waals surface area contributed by atoms with E-state index in [1.54, 1.807) is 11.0 Å². The van der Waals surface area contributed by atoms with Gasteiger partial charge in [0.05, 0.1) is 12.1 Å². The summed E-state index contributed by atoms with van der Waals surface area (Å²) in [6, 6.07) is 11.6. The molecule has 0 aliphatic carbocycles. The highest BCUT2D eigenvalue weighted by atomic mass is 19.1. The van der Waals surface area contributed by atoms with Gasteiger partial charge in [0.2, 0.25) is 5.91 Å². The molecule has 12 heteroatoms. The van der Waals surface area contributed by atoms with Gasteiger partial charge in [-0.2, -0.15) is 0 Å². The molecule has 5 rings (SSSR count). The van der Waals surface area contributed by atoms with Crippen LogP contribution in [-0.4, -0.2) is 65.0 Å². The molecule has 3 heterocycles. The van der Waals surface area contributed by atoms with Crippen LogP contribution >= 0.6 is 0 Å². The predicted molar refractivity (Wildman–Crippen MR) is 148 cm³/mol. The molecule has 3 aromatic rings. The van der Waals surface area contributed by atoms with Crippen molar-refractivity contribution in [1.29, 1.82) is 0 Å². The van der Waals surface area contributed by atoms with Crippen molar-refractivity contribution in [2.75, 3.05) is 36.8 Å². The van der Waals surface area contributed by atoms with Crippen molar-refractivity contribution < 1.29 is 27.9 Å². The van der Waals surface area contributed by atoms with E-state index in [0.29, 0.717) is 36.3 Å². The molecule has 0 unspecified atom stereocenters. The molecule has 0 radical (unpaired) electrons. The monoisotopic (exact) mass is 564 g/mol. The zero-order valence-corrected chi connectivity index (χ0v) is 22.2. The number of amides is 5. The number of halogens is 2. The minimum absolute atomic E-state index is 0.144. The second-order valence-corrected chi connectivity index (χ2v) is 9.96. The highest BCUT2D eigenvalue weighted by molar-refractivity contribution is 6.01. The lowest BCUT2D eigenvalue weighted by Crippen LogP contribution is -2.51. The summed E-state index contributed by atoms with van der Waals surface area (Å²) in [4.78, 5) is 45.4. The van der Waals surface area contributed by atoms with Crippen LogP contribution in [0.2, 0.25) is 0 Å². The third-order valence-electron chi connectivity index (χ3n) is 7.08. The average Bonchev–Trinajstić information content (AvgIpc) is 2.91. The Bertz CT molecular complexity index is 1410. The van der Waals surface area contributed by atoms with Crippen LogP contribution in [0.25, 0.3) is 0 Å². The summed E-state index contributed by atoms with van der Waals surface area (Å²) in [5, 5.41) is 7.18. The Morgan fingerprint density at radius 3 is 2.32 bits per heavy atom. The van der Waals surface area contributed by atoms with Gasteiger partial charge in [0.1, 0.15) is 29.0 Å². The molecule has 10 nitrogen and oxygen atoms in total. The van der Waals surface area contributed by atoms with Crippen LogP contribution in [-0.2, 0) is 11.2 Å². The standard InChI is InChI=1S/C29H30F2N6O4/c30-20-4-2-19(3-5-20)16-27(38)35-28(39)33-25-7-6-22(17-24(25)31)41-23-8-11-32-26(18-23)34-29(40)37-14-9-21(10-15-37)36-12-1-13-36/h2-8,11,17-18,21H,1,9-10,12-16H2,(H,32,34,40)(H2,33,35,38,39). The highest BCUT2D eigenvalue weighted by Crippen LogP contribution is 2.27. The van der Waals surface area contributed by atoms with Gasteiger partial charge in [-0.15, -0.1) is 0 Å². The molecule has 2 aromatic carbocycles. The fourth-order valence-corrected chi connectivity index (χ4v) is 4.78. The molecule has 2 aliphatic heterocycles. The molecule has 2 fully saturated rings. The number of carbonyl (C=O) groups is 3. The predicted octanol–water partition coefficient (Wildman–Crippen LogP) is 4.74. The largest absolute Gasteiger partial charge is 0.457 e. The van der Waals surface area contributed by atoms with Crippen LogP contribution < -0.4 is 20.7 Å².